The third kappa shape index (κ3) is 9.61. The Hall–Kier alpha value is -0.0800. The van der Waals surface area contributed by atoms with E-state index < -0.39 is 0 Å². The predicted molar refractivity (Wildman–Crippen MR) is 74.4 cm³/mol. The number of rotatable bonds is 7. The van der Waals surface area contributed by atoms with E-state index in [1.807, 2.05) is 0 Å². The van der Waals surface area contributed by atoms with Crippen LogP contribution in [0.25, 0.3) is 0 Å². The molecule has 0 spiro atoms. The number of ether oxygens (including phenoxy) is 2. The van der Waals surface area contributed by atoms with Gasteiger partial charge in [0.25, 0.3) is 0 Å². The molecule has 0 radical (unpaired) electrons. The maximum Gasteiger partial charge on any atom is 0.0648 e. The van der Waals surface area contributed by atoms with Gasteiger partial charge in [-0.15, -0.1) is 0 Å². The van der Waals surface area contributed by atoms with Gasteiger partial charge in [-0.05, 0) is 46.0 Å². The van der Waals surface area contributed by atoms with Crippen LogP contribution in [0.3, 0.4) is 0 Å². The van der Waals surface area contributed by atoms with Gasteiger partial charge in [0.1, 0.15) is 0 Å². The first kappa shape index (κ1) is 16.9. The summed E-state index contributed by atoms with van der Waals surface area (Å²) in [5.74, 6) is 0. The van der Waals surface area contributed by atoms with Crippen molar-refractivity contribution in [3.63, 3.8) is 0 Å². The Morgan fingerprint density at radius 3 is 1.71 bits per heavy atom. The Bertz CT molecular complexity index is 211. The normalized spacial score (nSPS) is 14.1. The van der Waals surface area contributed by atoms with Crippen LogP contribution in [0.4, 0.5) is 0 Å². The van der Waals surface area contributed by atoms with E-state index in [0.29, 0.717) is 0 Å². The lowest BCUT2D eigenvalue weighted by molar-refractivity contribution is -0.0881. The van der Waals surface area contributed by atoms with Crippen molar-refractivity contribution in [1.29, 1.82) is 0 Å². The van der Waals surface area contributed by atoms with Gasteiger partial charge in [-0.25, -0.2) is 0 Å². The fourth-order valence-electron chi connectivity index (χ4n) is 1.16. The van der Waals surface area contributed by atoms with Crippen molar-refractivity contribution >= 4 is 0 Å². The van der Waals surface area contributed by atoms with Gasteiger partial charge < -0.3 is 9.47 Å². The molecule has 0 atom stereocenters. The highest BCUT2D eigenvalue weighted by Crippen LogP contribution is 2.22. The first-order valence-corrected chi connectivity index (χ1v) is 6.75. The summed E-state index contributed by atoms with van der Waals surface area (Å²) in [6, 6.07) is 0. The second-order valence-corrected chi connectivity index (χ2v) is 7.32. The highest BCUT2D eigenvalue weighted by molar-refractivity contribution is 4.72. The average molecular weight is 244 g/mol. The van der Waals surface area contributed by atoms with Gasteiger partial charge in [0.2, 0.25) is 0 Å². The largest absolute Gasteiger partial charge is 0.375 e. The number of hydrogen-bond donors (Lipinski definition) is 0. The molecule has 0 saturated heterocycles. The van der Waals surface area contributed by atoms with Crippen molar-refractivity contribution in [2.75, 3.05) is 13.2 Å². The van der Waals surface area contributed by atoms with Crippen molar-refractivity contribution in [2.45, 2.75) is 79.4 Å². The lowest BCUT2D eigenvalue weighted by Gasteiger charge is -2.31. The van der Waals surface area contributed by atoms with Gasteiger partial charge >= 0.3 is 0 Å². The molecular formula is C15H32O2. The van der Waals surface area contributed by atoms with Gasteiger partial charge in [-0.1, -0.05) is 27.7 Å². The van der Waals surface area contributed by atoms with Crippen LogP contribution >= 0.6 is 0 Å². The second kappa shape index (κ2) is 6.19. The summed E-state index contributed by atoms with van der Waals surface area (Å²) >= 11 is 0. The highest BCUT2D eigenvalue weighted by atomic mass is 16.5. The zero-order valence-electron chi connectivity index (χ0n) is 13.1. The quantitative estimate of drug-likeness (QED) is 0.660. The van der Waals surface area contributed by atoms with Gasteiger partial charge in [-0.3, -0.25) is 0 Å². The first-order chi connectivity index (χ1) is 7.47. The van der Waals surface area contributed by atoms with Gasteiger partial charge in [0.15, 0.2) is 0 Å². The third-order valence-electron chi connectivity index (χ3n) is 2.94. The molecule has 0 N–H and O–H groups in total. The summed E-state index contributed by atoms with van der Waals surface area (Å²) in [7, 11) is 0. The Labute approximate surface area is 108 Å². The minimum absolute atomic E-state index is 0.0138. The Kier molecular flexibility index (Phi) is 6.16. The Morgan fingerprint density at radius 2 is 1.29 bits per heavy atom. The van der Waals surface area contributed by atoms with E-state index in [1.165, 1.54) is 0 Å². The van der Waals surface area contributed by atoms with Crippen LogP contribution in [0.15, 0.2) is 0 Å². The zero-order valence-corrected chi connectivity index (χ0v) is 13.1. The molecule has 0 aromatic heterocycles. The van der Waals surface area contributed by atoms with E-state index in [1.54, 1.807) is 0 Å². The predicted octanol–water partition coefficient (Wildman–Crippen LogP) is 4.42. The molecule has 0 rings (SSSR count). The third-order valence-corrected chi connectivity index (χ3v) is 2.94. The summed E-state index contributed by atoms with van der Waals surface area (Å²) in [5, 5.41) is 0. The second-order valence-electron chi connectivity index (χ2n) is 7.32. The maximum absolute atomic E-state index is 5.96. The van der Waals surface area contributed by atoms with Crippen LogP contribution in [-0.2, 0) is 9.47 Å². The van der Waals surface area contributed by atoms with Crippen LogP contribution in [0, 0.1) is 5.41 Å². The molecule has 2 heteroatoms. The van der Waals surface area contributed by atoms with E-state index in [-0.39, 0.29) is 16.6 Å². The van der Waals surface area contributed by atoms with E-state index in [9.17, 15) is 0 Å². The van der Waals surface area contributed by atoms with Gasteiger partial charge in [0, 0.05) is 0 Å². The van der Waals surface area contributed by atoms with Crippen molar-refractivity contribution in [2.24, 2.45) is 5.41 Å². The zero-order chi connectivity index (χ0) is 13.7. The maximum atomic E-state index is 5.96. The molecule has 17 heavy (non-hydrogen) atoms. The van der Waals surface area contributed by atoms with Crippen LogP contribution in [-0.4, -0.2) is 24.4 Å². The SMILES string of the molecule is CCC(C)(C)OCCC(C)(C)OCC(C)(C)C. The molecule has 0 aliphatic rings. The lowest BCUT2D eigenvalue weighted by atomic mass is 9.97. The molecule has 0 fully saturated rings. The van der Waals surface area contributed by atoms with E-state index in [4.69, 9.17) is 9.47 Å². The molecule has 0 bridgehead atoms. The minimum Gasteiger partial charge on any atom is -0.375 e. The van der Waals surface area contributed by atoms with E-state index in [0.717, 1.165) is 26.1 Å². The minimum atomic E-state index is -0.100. The van der Waals surface area contributed by atoms with Crippen molar-refractivity contribution < 1.29 is 9.47 Å². The molecule has 0 aliphatic heterocycles. The topological polar surface area (TPSA) is 18.5 Å². The first-order valence-electron chi connectivity index (χ1n) is 6.75. The van der Waals surface area contributed by atoms with Crippen molar-refractivity contribution in [1.82, 2.24) is 0 Å². The monoisotopic (exact) mass is 244 g/mol. The van der Waals surface area contributed by atoms with E-state index >= 15 is 0 Å². The molecule has 2 nitrogen and oxygen atoms in total. The fourth-order valence-corrected chi connectivity index (χ4v) is 1.16. The molecule has 0 aliphatic carbocycles. The standard InChI is InChI=1S/C15H32O2/c1-9-14(5,6)16-11-10-15(7,8)17-12-13(2,3)4/h9-12H2,1-8H3. The van der Waals surface area contributed by atoms with Crippen molar-refractivity contribution in [3.05, 3.63) is 0 Å². The summed E-state index contributed by atoms with van der Waals surface area (Å²) < 4.78 is 11.8. The van der Waals surface area contributed by atoms with Crippen LogP contribution < -0.4 is 0 Å². The Balaban J connectivity index is 3.94. The number of hydrogen-bond acceptors (Lipinski definition) is 2. The fraction of sp³-hybridized carbons (Fsp3) is 1.00. The summed E-state index contributed by atoms with van der Waals surface area (Å²) in [6.07, 6.45) is 1.97. The molecule has 0 aromatic carbocycles. The highest BCUT2D eigenvalue weighted by Gasteiger charge is 2.23. The Morgan fingerprint density at radius 1 is 0.765 bits per heavy atom. The van der Waals surface area contributed by atoms with Gasteiger partial charge in [-0.2, -0.15) is 0 Å². The van der Waals surface area contributed by atoms with Gasteiger partial charge in [0.05, 0.1) is 24.4 Å². The summed E-state index contributed by atoms with van der Waals surface area (Å²) in [4.78, 5) is 0. The van der Waals surface area contributed by atoms with E-state index in [2.05, 4.69) is 55.4 Å². The van der Waals surface area contributed by atoms with Crippen LogP contribution in [0.5, 0.6) is 0 Å². The molecule has 0 heterocycles. The molecule has 0 amide bonds. The lowest BCUT2D eigenvalue weighted by Crippen LogP contribution is -2.33. The van der Waals surface area contributed by atoms with Crippen LogP contribution in [0.2, 0.25) is 0 Å². The molecule has 0 unspecified atom stereocenters. The summed E-state index contributed by atoms with van der Waals surface area (Å²) in [6.45, 7) is 18.8. The summed E-state index contributed by atoms with van der Waals surface area (Å²) in [5.41, 5.74) is 0.109. The van der Waals surface area contributed by atoms with Crippen molar-refractivity contribution in [3.8, 4) is 0 Å². The molecule has 0 aromatic rings. The molecule has 104 valence electrons. The molecule has 0 saturated carbocycles. The average Bonchev–Trinajstić information content (AvgIpc) is 2.13. The molecular weight excluding hydrogens is 212 g/mol. The smallest absolute Gasteiger partial charge is 0.0648 e. The van der Waals surface area contributed by atoms with Crippen LogP contribution in [0.1, 0.15) is 68.2 Å².